The summed E-state index contributed by atoms with van der Waals surface area (Å²) in [4.78, 5) is 7.26. The Bertz CT molecular complexity index is 723. The van der Waals surface area contributed by atoms with Gasteiger partial charge in [0.25, 0.3) is 0 Å². The van der Waals surface area contributed by atoms with Crippen molar-refractivity contribution in [2.24, 2.45) is 4.99 Å². The first kappa shape index (κ1) is 18.8. The molecule has 0 saturated carbocycles. The number of para-hydroxylation sites is 1. The highest BCUT2D eigenvalue weighted by Gasteiger charge is 2.28. The minimum atomic E-state index is 0.283. The Balaban J connectivity index is 1.61. The van der Waals surface area contributed by atoms with Gasteiger partial charge >= 0.3 is 0 Å². The molecular formula is C20H29N5S. The average molecular weight is 372 g/mol. The normalized spacial score (nSPS) is 17.3. The highest BCUT2D eigenvalue weighted by molar-refractivity contribution is 8.00. The monoisotopic (exact) mass is 371 g/mol. The molecular weight excluding hydrogens is 342 g/mol. The number of nitrogens with one attached hydrogen (secondary N) is 1. The number of hydrogen-bond donors (Lipinski definition) is 1. The van der Waals surface area contributed by atoms with E-state index < -0.39 is 0 Å². The van der Waals surface area contributed by atoms with Gasteiger partial charge in [-0.05, 0) is 44.9 Å². The van der Waals surface area contributed by atoms with Crippen molar-refractivity contribution < 1.29 is 0 Å². The largest absolute Gasteiger partial charge is 0.357 e. The van der Waals surface area contributed by atoms with E-state index in [-0.39, 0.29) is 4.75 Å². The minimum absolute atomic E-state index is 0.283. The van der Waals surface area contributed by atoms with Crippen LogP contribution >= 0.6 is 11.8 Å². The molecule has 0 unspecified atom stereocenters. The topological polar surface area (TPSA) is 45.5 Å². The fraction of sp³-hybridized carbons (Fsp3) is 0.500. The summed E-state index contributed by atoms with van der Waals surface area (Å²) < 4.78 is 2.21. The lowest BCUT2D eigenvalue weighted by Gasteiger charge is -2.39. The molecule has 6 heteroatoms. The van der Waals surface area contributed by atoms with Gasteiger partial charge in [-0.15, -0.1) is 0 Å². The van der Waals surface area contributed by atoms with E-state index in [4.69, 9.17) is 4.99 Å². The van der Waals surface area contributed by atoms with Gasteiger partial charge in [0, 0.05) is 42.9 Å². The molecule has 1 saturated heterocycles. The fourth-order valence-electron chi connectivity index (χ4n) is 3.13. The molecule has 1 aromatic heterocycles. The Labute approximate surface area is 160 Å². The zero-order chi connectivity index (χ0) is 18.4. The van der Waals surface area contributed by atoms with Crippen LogP contribution in [0.3, 0.4) is 0 Å². The predicted octanol–water partition coefficient (Wildman–Crippen LogP) is 3.21. The van der Waals surface area contributed by atoms with Crippen LogP contribution in [0.5, 0.6) is 0 Å². The second-order valence-corrected chi connectivity index (χ2v) is 8.95. The maximum atomic E-state index is 4.87. The van der Waals surface area contributed by atoms with Crippen LogP contribution in [-0.4, -0.2) is 57.3 Å². The molecule has 1 N–H and O–H groups in total. The molecule has 5 nitrogen and oxygen atoms in total. The highest BCUT2D eigenvalue weighted by atomic mass is 32.2. The number of rotatable bonds is 5. The molecule has 1 aromatic carbocycles. The molecule has 1 aliphatic heterocycles. The number of thioether (sulfide) groups is 1. The van der Waals surface area contributed by atoms with Gasteiger partial charge in [-0.25, -0.2) is 4.68 Å². The van der Waals surface area contributed by atoms with Gasteiger partial charge in [0.1, 0.15) is 0 Å². The Morgan fingerprint density at radius 2 is 2.12 bits per heavy atom. The van der Waals surface area contributed by atoms with Crippen LogP contribution in [0, 0.1) is 0 Å². The summed E-state index contributed by atoms with van der Waals surface area (Å²) in [5.41, 5.74) is 2.30. The van der Waals surface area contributed by atoms with Gasteiger partial charge < -0.3 is 10.2 Å². The highest BCUT2D eigenvalue weighted by Crippen LogP contribution is 2.29. The summed E-state index contributed by atoms with van der Waals surface area (Å²) in [6.07, 6.45) is 4.93. The van der Waals surface area contributed by atoms with E-state index in [0.717, 1.165) is 50.0 Å². The average Bonchev–Trinajstić information content (AvgIpc) is 3.10. The van der Waals surface area contributed by atoms with E-state index >= 15 is 0 Å². The van der Waals surface area contributed by atoms with E-state index in [9.17, 15) is 0 Å². The maximum Gasteiger partial charge on any atom is 0.193 e. The quantitative estimate of drug-likeness (QED) is 0.648. The number of hydrogen-bond acceptors (Lipinski definition) is 3. The molecule has 0 aliphatic carbocycles. The number of aliphatic imine (C=N–C) groups is 1. The van der Waals surface area contributed by atoms with Crippen molar-refractivity contribution in [2.45, 2.75) is 31.9 Å². The van der Waals surface area contributed by atoms with E-state index in [1.165, 1.54) is 5.56 Å². The van der Waals surface area contributed by atoms with Crippen LogP contribution in [0.1, 0.15) is 26.3 Å². The summed E-state index contributed by atoms with van der Waals surface area (Å²) in [6, 6.07) is 10.2. The lowest BCUT2D eigenvalue weighted by Crippen LogP contribution is -2.51. The molecule has 0 bridgehead atoms. The van der Waals surface area contributed by atoms with Crippen molar-refractivity contribution in [2.75, 3.05) is 31.9 Å². The maximum absolute atomic E-state index is 4.87. The molecule has 1 aliphatic rings. The molecule has 140 valence electrons. The van der Waals surface area contributed by atoms with Crippen molar-refractivity contribution in [3.05, 3.63) is 48.3 Å². The smallest absolute Gasteiger partial charge is 0.193 e. The van der Waals surface area contributed by atoms with Crippen molar-refractivity contribution in [1.82, 2.24) is 20.0 Å². The van der Waals surface area contributed by atoms with Gasteiger partial charge in [0.15, 0.2) is 5.96 Å². The lowest BCUT2D eigenvalue weighted by atomic mass is 10.2. The molecule has 0 radical (unpaired) electrons. The third-order valence-electron chi connectivity index (χ3n) is 4.38. The van der Waals surface area contributed by atoms with Crippen LogP contribution in [0.25, 0.3) is 5.69 Å². The molecule has 26 heavy (non-hydrogen) atoms. The van der Waals surface area contributed by atoms with Crippen molar-refractivity contribution in [3.8, 4) is 5.69 Å². The van der Waals surface area contributed by atoms with E-state index in [2.05, 4.69) is 54.4 Å². The van der Waals surface area contributed by atoms with Crippen LogP contribution in [0.2, 0.25) is 0 Å². The van der Waals surface area contributed by atoms with Crippen molar-refractivity contribution in [3.63, 3.8) is 0 Å². The third-order valence-corrected chi connectivity index (χ3v) is 5.68. The first-order valence-electron chi connectivity index (χ1n) is 9.33. The Morgan fingerprint density at radius 1 is 1.31 bits per heavy atom. The van der Waals surface area contributed by atoms with E-state index in [0.29, 0.717) is 0 Å². The number of aromatic nitrogens is 2. The van der Waals surface area contributed by atoms with E-state index in [1.807, 2.05) is 40.8 Å². The Morgan fingerprint density at radius 3 is 2.85 bits per heavy atom. The number of nitrogens with zero attached hydrogens (tertiary/aromatic N) is 4. The summed E-state index contributed by atoms with van der Waals surface area (Å²) in [6.45, 7) is 10.5. The lowest BCUT2D eigenvalue weighted by molar-refractivity contribution is 0.376. The molecule has 0 spiro atoms. The second-order valence-electron chi connectivity index (χ2n) is 7.14. The fourth-order valence-corrected chi connectivity index (χ4v) is 4.24. The van der Waals surface area contributed by atoms with Gasteiger partial charge in [0.2, 0.25) is 0 Å². The van der Waals surface area contributed by atoms with Crippen LogP contribution in [0.4, 0.5) is 0 Å². The number of benzene rings is 1. The van der Waals surface area contributed by atoms with Gasteiger partial charge in [-0.1, -0.05) is 18.2 Å². The first-order chi connectivity index (χ1) is 12.6. The second kappa shape index (κ2) is 8.62. The van der Waals surface area contributed by atoms with Crippen LogP contribution in [0.15, 0.2) is 47.7 Å². The summed E-state index contributed by atoms with van der Waals surface area (Å²) in [5.74, 6) is 2.19. The zero-order valence-electron chi connectivity index (χ0n) is 16.0. The van der Waals surface area contributed by atoms with Gasteiger partial charge in [-0.3, -0.25) is 4.99 Å². The first-order valence-corrected chi connectivity index (χ1v) is 10.3. The number of guanidine groups is 1. The summed E-state index contributed by atoms with van der Waals surface area (Å²) in [7, 11) is 0. The summed E-state index contributed by atoms with van der Waals surface area (Å²) >= 11 is 2.05. The van der Waals surface area contributed by atoms with Crippen molar-refractivity contribution in [1.29, 1.82) is 0 Å². The van der Waals surface area contributed by atoms with Crippen LogP contribution < -0.4 is 5.32 Å². The van der Waals surface area contributed by atoms with Crippen molar-refractivity contribution >= 4 is 17.7 Å². The molecule has 0 amide bonds. The summed E-state index contributed by atoms with van der Waals surface area (Å²) in [5, 5.41) is 7.92. The minimum Gasteiger partial charge on any atom is -0.357 e. The van der Waals surface area contributed by atoms with E-state index in [1.54, 1.807) is 0 Å². The molecule has 1 fully saturated rings. The van der Waals surface area contributed by atoms with Crippen LogP contribution in [-0.2, 0) is 6.42 Å². The Hall–Kier alpha value is -1.95. The van der Waals surface area contributed by atoms with Gasteiger partial charge in [0.05, 0.1) is 11.9 Å². The Kier molecular flexibility index (Phi) is 6.25. The molecule has 3 rings (SSSR count). The SMILES string of the molecule is CCNC(=NCCc1cnn(-c2ccccc2)c1)N1CCSC(C)(C)C1. The zero-order valence-corrected chi connectivity index (χ0v) is 16.8. The molecule has 0 atom stereocenters. The molecule has 2 aromatic rings. The molecule has 2 heterocycles. The third kappa shape index (κ3) is 5.04. The predicted molar refractivity (Wildman–Crippen MR) is 111 cm³/mol. The standard InChI is InChI=1S/C20H29N5S/c1-4-21-19(24-12-13-26-20(2,3)16-24)22-11-10-17-14-23-25(15-17)18-8-6-5-7-9-18/h5-9,14-15H,4,10-13,16H2,1-3H3,(H,21,22). The van der Waals surface area contributed by atoms with Gasteiger partial charge in [-0.2, -0.15) is 16.9 Å².